The molecule has 0 saturated carbocycles. The van der Waals surface area contributed by atoms with E-state index in [4.69, 9.17) is 16.8 Å². The number of fused-ring (bicyclic) bond motifs is 6. The van der Waals surface area contributed by atoms with Crippen molar-refractivity contribution in [3.63, 3.8) is 0 Å². The van der Waals surface area contributed by atoms with Crippen LogP contribution in [0.5, 0.6) is 0 Å². The summed E-state index contributed by atoms with van der Waals surface area (Å²) >= 11 is 0. The summed E-state index contributed by atoms with van der Waals surface area (Å²) in [5, 5.41) is 0.493. The third kappa shape index (κ3) is 3.72. The third-order valence-electron chi connectivity index (χ3n) is 7.77. The highest BCUT2D eigenvalue weighted by Gasteiger charge is 2.19. The van der Waals surface area contributed by atoms with Crippen molar-refractivity contribution >= 4 is 54.3 Å². The van der Waals surface area contributed by atoms with Crippen LogP contribution in [-0.2, 0) is 0 Å². The third-order valence-corrected chi connectivity index (χ3v) is 7.77. The molecule has 0 saturated heterocycles. The smallest absolute Gasteiger partial charge is 0.135 e. The van der Waals surface area contributed by atoms with Gasteiger partial charge in [-0.15, -0.1) is 0 Å². The normalized spacial score (nSPS) is 16.6. The predicted molar refractivity (Wildman–Crippen MR) is 183 cm³/mol. The van der Waals surface area contributed by atoms with Crippen molar-refractivity contribution < 1.29 is 25.0 Å². The highest BCUT2D eigenvalue weighted by atomic mass is 16.3. The van der Waals surface area contributed by atoms with Crippen molar-refractivity contribution in [2.24, 2.45) is 0 Å². The van der Waals surface area contributed by atoms with Gasteiger partial charge >= 0.3 is 0 Å². The van der Waals surface area contributed by atoms with E-state index in [1.54, 1.807) is 24.3 Å². The largest absolute Gasteiger partial charge is 0.456 e. The molecular formula is C42H26O. The minimum absolute atomic E-state index is 0.0598. The fourth-order valence-electron chi connectivity index (χ4n) is 5.88. The van der Waals surface area contributed by atoms with Gasteiger partial charge < -0.3 is 4.42 Å². The zero-order valence-electron chi connectivity index (χ0n) is 37.3. The number of hydrogen-bond acceptors (Lipinski definition) is 1. The molecule has 0 aliphatic heterocycles. The van der Waals surface area contributed by atoms with Gasteiger partial charge in [-0.2, -0.15) is 0 Å². The van der Waals surface area contributed by atoms with Crippen molar-refractivity contribution in [2.45, 2.75) is 0 Å². The second-order valence-corrected chi connectivity index (χ2v) is 10.1. The predicted octanol–water partition coefficient (Wildman–Crippen LogP) is 12.0. The number of hydrogen-bond donors (Lipinski definition) is 0. The molecule has 1 nitrogen and oxygen atoms in total. The van der Waals surface area contributed by atoms with Gasteiger partial charge in [0.25, 0.3) is 0 Å². The Balaban J connectivity index is 1.57. The van der Waals surface area contributed by atoms with Gasteiger partial charge in [-0.3, -0.25) is 0 Å². The first kappa shape index (κ1) is 13.5. The Bertz CT molecular complexity index is 3270. The molecule has 9 rings (SSSR count). The van der Waals surface area contributed by atoms with Crippen LogP contribution < -0.4 is 0 Å². The average molecular weight is 562 g/mol. The monoisotopic (exact) mass is 561 g/mol. The molecule has 0 atom stereocenters. The lowest BCUT2D eigenvalue weighted by Gasteiger charge is -2.20. The summed E-state index contributed by atoms with van der Waals surface area (Å²) in [6.45, 7) is 0. The highest BCUT2D eigenvalue weighted by Crippen LogP contribution is 2.46. The summed E-state index contributed by atoms with van der Waals surface area (Å²) in [6, 6.07) is 11.1. The molecule has 0 fully saturated rings. The lowest BCUT2D eigenvalue weighted by Crippen LogP contribution is -1.92. The van der Waals surface area contributed by atoms with E-state index >= 15 is 0 Å². The number of furan rings is 1. The molecular weight excluding hydrogens is 520 g/mol. The van der Waals surface area contributed by atoms with E-state index < -0.39 is 96.2 Å². The summed E-state index contributed by atoms with van der Waals surface area (Å²) in [4.78, 5) is 0. The van der Waals surface area contributed by atoms with Gasteiger partial charge in [0.05, 0.1) is 20.6 Å². The number of rotatable bonds is 3. The van der Waals surface area contributed by atoms with Crippen molar-refractivity contribution in [1.82, 2.24) is 0 Å². The Hall–Kier alpha value is -5.66. The topological polar surface area (TPSA) is 13.1 Å². The maximum absolute atomic E-state index is 9.63. The van der Waals surface area contributed by atoms with E-state index in [-0.39, 0.29) is 54.6 Å². The van der Waals surface area contributed by atoms with E-state index in [1.807, 2.05) is 42.5 Å². The molecule has 0 aliphatic carbocycles. The van der Waals surface area contributed by atoms with Crippen LogP contribution in [0.25, 0.3) is 87.6 Å². The Morgan fingerprint density at radius 2 is 1.00 bits per heavy atom. The molecule has 8 aromatic carbocycles. The molecule has 1 heterocycles. The molecule has 9 aromatic rings. The van der Waals surface area contributed by atoms with Crippen LogP contribution >= 0.6 is 0 Å². The van der Waals surface area contributed by atoms with Crippen molar-refractivity contribution in [3.05, 3.63) is 157 Å². The van der Waals surface area contributed by atoms with Gasteiger partial charge in [0, 0.05) is 10.8 Å². The van der Waals surface area contributed by atoms with E-state index in [0.717, 1.165) is 10.8 Å². The lowest BCUT2D eigenvalue weighted by molar-refractivity contribution is 0.669. The van der Waals surface area contributed by atoms with Crippen LogP contribution in [-0.4, -0.2) is 0 Å². The van der Waals surface area contributed by atoms with Crippen LogP contribution in [0.2, 0.25) is 0 Å². The number of para-hydroxylation sites is 1. The Labute approximate surface area is 270 Å². The van der Waals surface area contributed by atoms with Crippen LogP contribution in [0.4, 0.5) is 0 Å². The molecule has 0 N–H and O–H groups in total. The van der Waals surface area contributed by atoms with Crippen LogP contribution in [0.1, 0.15) is 20.6 Å². The van der Waals surface area contributed by atoms with Gasteiger partial charge in [-0.1, -0.05) is 133 Å². The summed E-state index contributed by atoms with van der Waals surface area (Å²) in [7, 11) is 0. The van der Waals surface area contributed by atoms with Crippen molar-refractivity contribution in [3.8, 4) is 33.4 Å². The van der Waals surface area contributed by atoms with Crippen LogP contribution in [0.15, 0.2) is 162 Å². The summed E-state index contributed by atoms with van der Waals surface area (Å²) in [5.41, 5.74) is 0.189. The van der Waals surface area contributed by atoms with Gasteiger partial charge in [0.15, 0.2) is 0 Å². The first-order chi connectivity index (χ1) is 27.6. The fourth-order valence-corrected chi connectivity index (χ4v) is 5.88. The molecule has 200 valence electrons. The molecule has 0 bridgehead atoms. The lowest BCUT2D eigenvalue weighted by atomic mass is 9.83. The minimum atomic E-state index is -0.696. The molecule has 0 aliphatic rings. The molecule has 0 amide bonds. The maximum atomic E-state index is 9.63. The van der Waals surface area contributed by atoms with Gasteiger partial charge in [-0.05, 0) is 89.9 Å². The maximum Gasteiger partial charge on any atom is 0.135 e. The first-order valence-corrected chi connectivity index (χ1v) is 13.6. The van der Waals surface area contributed by atoms with Crippen LogP contribution in [0, 0.1) is 0 Å². The van der Waals surface area contributed by atoms with E-state index in [9.17, 15) is 8.22 Å². The Morgan fingerprint density at radius 1 is 0.419 bits per heavy atom. The molecule has 1 heteroatoms. The Morgan fingerprint density at radius 3 is 1.74 bits per heavy atom. The zero-order chi connectivity index (χ0) is 41.4. The summed E-state index contributed by atoms with van der Waals surface area (Å²) in [6.07, 6.45) is 0. The van der Waals surface area contributed by atoms with E-state index in [1.165, 1.54) is 0 Å². The van der Waals surface area contributed by atoms with Crippen molar-refractivity contribution in [1.29, 1.82) is 0 Å². The standard InChI is InChI=1S/C42H26O/c1-2-12-28-25-29(22-21-27(28)11-1)31-13-3-4-15-33(31)42-36-18-7-5-16-34(36)41(35-17-6-8-19-37(35)42)30-23-24-40-38(26-30)32-14-9-10-20-39(32)43-40/h1-26H/i5D,6D,7D,8D,9D,10D,14D,16D,17D,18D,19D,20D,23D,24D,26D. The average Bonchev–Trinajstić information content (AvgIpc) is 3.64. The fraction of sp³-hybridized carbons (Fsp3) is 0. The molecule has 1 aromatic heterocycles. The minimum Gasteiger partial charge on any atom is -0.456 e. The van der Waals surface area contributed by atoms with Gasteiger partial charge in [-0.25, -0.2) is 0 Å². The molecule has 0 spiro atoms. The van der Waals surface area contributed by atoms with Crippen LogP contribution in [0.3, 0.4) is 0 Å². The van der Waals surface area contributed by atoms with E-state index in [0.29, 0.717) is 16.7 Å². The Kier molecular flexibility index (Phi) is 2.97. The first-order valence-electron chi connectivity index (χ1n) is 21.1. The van der Waals surface area contributed by atoms with Gasteiger partial charge in [0.2, 0.25) is 0 Å². The summed E-state index contributed by atoms with van der Waals surface area (Å²) < 4.78 is 140. The highest BCUT2D eigenvalue weighted by molar-refractivity contribution is 6.23. The molecule has 43 heavy (non-hydrogen) atoms. The molecule has 0 radical (unpaired) electrons. The number of benzene rings is 8. The quantitative estimate of drug-likeness (QED) is 0.196. The SMILES string of the molecule is [2H]c1c([2H])c([2H])c2c(oc3c([2H])c([2H])c(-c4c5c([2H])c([2H])c([2H])c([2H])c5c(-c5ccccc5-c5ccc6ccccc6c5)c5c([2H])c([2H])c([2H])c([2H])c45)c([2H])c32)c1[2H]. The van der Waals surface area contributed by atoms with Gasteiger partial charge in [0.1, 0.15) is 11.2 Å². The second-order valence-electron chi connectivity index (χ2n) is 10.1. The van der Waals surface area contributed by atoms with E-state index in [2.05, 4.69) is 0 Å². The zero-order valence-corrected chi connectivity index (χ0v) is 22.3. The second kappa shape index (κ2) is 9.44. The molecule has 0 unspecified atom stereocenters. The summed E-state index contributed by atoms with van der Waals surface area (Å²) in [5.74, 6) is 0. The van der Waals surface area contributed by atoms with Crippen molar-refractivity contribution in [2.75, 3.05) is 0 Å².